The molecule has 0 unspecified atom stereocenters. The maximum atomic E-state index is 11.4. The quantitative estimate of drug-likeness (QED) is 0.595. The molecule has 0 saturated heterocycles. The van der Waals surface area contributed by atoms with Gasteiger partial charge in [0.15, 0.2) is 0 Å². The molecule has 0 bridgehead atoms. The number of aryl methyl sites for hydroxylation is 1. The van der Waals surface area contributed by atoms with Crippen LogP contribution in [0.3, 0.4) is 0 Å². The molecule has 0 spiro atoms. The molecule has 0 aromatic heterocycles. The van der Waals surface area contributed by atoms with Crippen molar-refractivity contribution in [1.82, 2.24) is 0 Å². The van der Waals surface area contributed by atoms with Gasteiger partial charge < -0.3 is 9.47 Å². The first kappa shape index (κ1) is 14.2. The molecular formula is C14H18O4. The zero-order chi connectivity index (χ0) is 13.5. The topological polar surface area (TPSA) is 52.6 Å². The SMILES string of the molecule is CC(=O)Oc1ccccc1CCC(=O)OC(C)C. The van der Waals surface area contributed by atoms with Crippen LogP contribution in [-0.4, -0.2) is 18.0 Å². The number of hydrogen-bond donors (Lipinski definition) is 0. The Morgan fingerprint density at radius 3 is 2.50 bits per heavy atom. The molecule has 1 aromatic rings. The summed E-state index contributed by atoms with van der Waals surface area (Å²) in [6.07, 6.45) is 0.659. The van der Waals surface area contributed by atoms with E-state index in [1.54, 1.807) is 12.1 Å². The van der Waals surface area contributed by atoms with Crippen molar-refractivity contribution < 1.29 is 19.1 Å². The van der Waals surface area contributed by atoms with Crippen molar-refractivity contribution in [2.45, 2.75) is 39.7 Å². The molecule has 0 aliphatic carbocycles. The van der Waals surface area contributed by atoms with Gasteiger partial charge in [-0.15, -0.1) is 0 Å². The van der Waals surface area contributed by atoms with E-state index in [0.29, 0.717) is 12.2 Å². The maximum Gasteiger partial charge on any atom is 0.308 e. The molecule has 4 heteroatoms. The lowest BCUT2D eigenvalue weighted by atomic mass is 10.1. The van der Waals surface area contributed by atoms with Crippen LogP contribution in [0.25, 0.3) is 0 Å². The van der Waals surface area contributed by atoms with Gasteiger partial charge in [0.25, 0.3) is 0 Å². The molecule has 1 rings (SSSR count). The number of ether oxygens (including phenoxy) is 2. The van der Waals surface area contributed by atoms with Crippen LogP contribution < -0.4 is 4.74 Å². The third-order valence-electron chi connectivity index (χ3n) is 2.19. The van der Waals surface area contributed by atoms with Gasteiger partial charge in [-0.3, -0.25) is 9.59 Å². The van der Waals surface area contributed by atoms with Gasteiger partial charge >= 0.3 is 11.9 Å². The molecule has 0 aliphatic heterocycles. The zero-order valence-electron chi connectivity index (χ0n) is 10.9. The monoisotopic (exact) mass is 250 g/mol. The van der Waals surface area contributed by atoms with Crippen molar-refractivity contribution >= 4 is 11.9 Å². The van der Waals surface area contributed by atoms with Crippen molar-refractivity contribution in [2.75, 3.05) is 0 Å². The molecule has 0 fully saturated rings. The molecule has 1 aromatic carbocycles. The molecule has 0 atom stereocenters. The fourth-order valence-corrected chi connectivity index (χ4v) is 1.52. The van der Waals surface area contributed by atoms with E-state index in [4.69, 9.17) is 9.47 Å². The van der Waals surface area contributed by atoms with Crippen LogP contribution in [0.1, 0.15) is 32.8 Å². The minimum Gasteiger partial charge on any atom is -0.463 e. The smallest absolute Gasteiger partial charge is 0.308 e. The predicted molar refractivity (Wildman–Crippen MR) is 67.3 cm³/mol. The van der Waals surface area contributed by atoms with Gasteiger partial charge in [-0.2, -0.15) is 0 Å². The standard InChI is InChI=1S/C14H18O4/c1-10(2)17-14(16)9-8-12-6-4-5-7-13(12)18-11(3)15/h4-7,10H,8-9H2,1-3H3. The molecule has 0 amide bonds. The Morgan fingerprint density at radius 1 is 1.22 bits per heavy atom. The molecular weight excluding hydrogens is 232 g/mol. The Balaban J connectivity index is 2.61. The molecule has 98 valence electrons. The molecule has 0 N–H and O–H groups in total. The predicted octanol–water partition coefficient (Wildman–Crippen LogP) is 2.50. The van der Waals surface area contributed by atoms with E-state index < -0.39 is 0 Å². The number of carbonyl (C=O) groups is 2. The molecule has 0 saturated carbocycles. The minimum absolute atomic E-state index is 0.110. The van der Waals surface area contributed by atoms with Gasteiger partial charge in [-0.25, -0.2) is 0 Å². The summed E-state index contributed by atoms with van der Waals surface area (Å²) in [7, 11) is 0. The van der Waals surface area contributed by atoms with Gasteiger partial charge in [-0.05, 0) is 31.9 Å². The maximum absolute atomic E-state index is 11.4. The highest BCUT2D eigenvalue weighted by molar-refractivity contribution is 5.71. The van der Waals surface area contributed by atoms with E-state index in [9.17, 15) is 9.59 Å². The van der Waals surface area contributed by atoms with Gasteiger partial charge in [0, 0.05) is 13.3 Å². The van der Waals surface area contributed by atoms with Gasteiger partial charge in [0.1, 0.15) is 5.75 Å². The van der Waals surface area contributed by atoms with Crippen LogP contribution in [0.4, 0.5) is 0 Å². The second-order valence-electron chi connectivity index (χ2n) is 4.24. The molecule has 0 radical (unpaired) electrons. The number of esters is 2. The van der Waals surface area contributed by atoms with Crippen LogP contribution in [0.5, 0.6) is 5.75 Å². The summed E-state index contributed by atoms with van der Waals surface area (Å²) in [4.78, 5) is 22.4. The number of carbonyl (C=O) groups excluding carboxylic acids is 2. The Labute approximate surface area is 107 Å². The van der Waals surface area contributed by atoms with E-state index in [0.717, 1.165) is 5.56 Å². The van der Waals surface area contributed by atoms with Crippen LogP contribution in [0, 0.1) is 0 Å². The van der Waals surface area contributed by atoms with Crippen LogP contribution in [0.15, 0.2) is 24.3 Å². The number of rotatable bonds is 5. The Kier molecular flexibility index (Phi) is 5.36. The Hall–Kier alpha value is -1.84. The third-order valence-corrected chi connectivity index (χ3v) is 2.19. The Bertz CT molecular complexity index is 424. The Morgan fingerprint density at radius 2 is 1.89 bits per heavy atom. The van der Waals surface area contributed by atoms with Crippen LogP contribution in [0.2, 0.25) is 0 Å². The fraction of sp³-hybridized carbons (Fsp3) is 0.429. The van der Waals surface area contributed by atoms with Crippen molar-refractivity contribution in [3.05, 3.63) is 29.8 Å². The number of para-hydroxylation sites is 1. The normalized spacial score (nSPS) is 10.2. The largest absolute Gasteiger partial charge is 0.463 e. The van der Waals surface area contributed by atoms with Crippen molar-refractivity contribution in [3.63, 3.8) is 0 Å². The first-order valence-electron chi connectivity index (χ1n) is 5.95. The highest BCUT2D eigenvalue weighted by atomic mass is 16.5. The summed E-state index contributed by atoms with van der Waals surface area (Å²) in [6.45, 7) is 4.97. The van der Waals surface area contributed by atoms with Crippen molar-refractivity contribution in [1.29, 1.82) is 0 Å². The average molecular weight is 250 g/mol. The third kappa shape index (κ3) is 4.99. The first-order valence-corrected chi connectivity index (χ1v) is 5.95. The first-order chi connectivity index (χ1) is 8.49. The zero-order valence-corrected chi connectivity index (χ0v) is 10.9. The molecule has 0 heterocycles. The summed E-state index contributed by atoms with van der Waals surface area (Å²) in [5.74, 6) is -0.114. The molecule has 4 nitrogen and oxygen atoms in total. The van der Waals surface area contributed by atoms with Crippen LogP contribution in [-0.2, 0) is 20.7 Å². The van der Waals surface area contributed by atoms with Crippen molar-refractivity contribution in [2.24, 2.45) is 0 Å². The lowest BCUT2D eigenvalue weighted by molar-refractivity contribution is -0.147. The summed E-state index contributed by atoms with van der Waals surface area (Å²) < 4.78 is 10.1. The highest BCUT2D eigenvalue weighted by Crippen LogP contribution is 2.20. The van der Waals surface area contributed by atoms with E-state index in [2.05, 4.69) is 0 Å². The van der Waals surface area contributed by atoms with Gasteiger partial charge in [0.05, 0.1) is 6.10 Å². The number of benzene rings is 1. The molecule has 18 heavy (non-hydrogen) atoms. The summed E-state index contributed by atoms with van der Waals surface area (Å²) in [5.41, 5.74) is 0.827. The average Bonchev–Trinajstić information content (AvgIpc) is 2.26. The van der Waals surface area contributed by atoms with Crippen LogP contribution >= 0.6 is 0 Å². The lowest BCUT2D eigenvalue weighted by Crippen LogP contribution is -2.12. The fourth-order valence-electron chi connectivity index (χ4n) is 1.52. The summed E-state index contributed by atoms with van der Waals surface area (Å²) >= 11 is 0. The second kappa shape index (κ2) is 6.79. The van der Waals surface area contributed by atoms with Crippen molar-refractivity contribution in [3.8, 4) is 5.75 Å². The summed E-state index contributed by atoms with van der Waals surface area (Å²) in [6, 6.07) is 7.18. The highest BCUT2D eigenvalue weighted by Gasteiger charge is 2.10. The second-order valence-corrected chi connectivity index (χ2v) is 4.24. The van der Waals surface area contributed by atoms with Gasteiger partial charge in [-0.1, -0.05) is 18.2 Å². The lowest BCUT2D eigenvalue weighted by Gasteiger charge is -2.10. The summed E-state index contributed by atoms with van der Waals surface area (Å²) in [5, 5.41) is 0. The van der Waals surface area contributed by atoms with E-state index in [1.165, 1.54) is 6.92 Å². The van der Waals surface area contributed by atoms with E-state index >= 15 is 0 Å². The van der Waals surface area contributed by atoms with E-state index in [1.807, 2.05) is 26.0 Å². The number of hydrogen-bond acceptors (Lipinski definition) is 4. The van der Waals surface area contributed by atoms with E-state index in [-0.39, 0.29) is 24.5 Å². The van der Waals surface area contributed by atoms with Gasteiger partial charge in [0.2, 0.25) is 0 Å². The minimum atomic E-state index is -0.368. The molecule has 0 aliphatic rings.